The van der Waals surface area contributed by atoms with E-state index in [-0.39, 0.29) is 0 Å². The van der Waals surface area contributed by atoms with Crippen molar-refractivity contribution in [3.05, 3.63) is 29.8 Å². The fraction of sp³-hybridized carbons (Fsp3) is 0.455. The van der Waals surface area contributed by atoms with Crippen molar-refractivity contribution in [1.29, 1.82) is 0 Å². The van der Waals surface area contributed by atoms with Gasteiger partial charge in [-0.25, -0.2) is 8.42 Å². The first-order valence-corrected chi connectivity index (χ1v) is 6.51. The van der Waals surface area contributed by atoms with Gasteiger partial charge in [-0.1, -0.05) is 19.1 Å². The SMILES string of the molecule is Cc1cccc(S(=O)(=O)N2CC(C)C2)c1. The lowest BCUT2D eigenvalue weighted by Gasteiger charge is -2.35. The van der Waals surface area contributed by atoms with E-state index < -0.39 is 10.0 Å². The van der Waals surface area contributed by atoms with Crippen LogP contribution in [0.3, 0.4) is 0 Å². The molecule has 1 aliphatic rings. The van der Waals surface area contributed by atoms with Crippen LogP contribution in [0.1, 0.15) is 12.5 Å². The molecule has 0 amide bonds. The molecule has 2 rings (SSSR count). The molecule has 15 heavy (non-hydrogen) atoms. The van der Waals surface area contributed by atoms with E-state index >= 15 is 0 Å². The summed E-state index contributed by atoms with van der Waals surface area (Å²) >= 11 is 0. The van der Waals surface area contributed by atoms with Gasteiger partial charge in [-0.2, -0.15) is 4.31 Å². The fourth-order valence-corrected chi connectivity index (χ4v) is 3.55. The Labute approximate surface area is 90.8 Å². The molecule has 1 heterocycles. The lowest BCUT2D eigenvalue weighted by atomic mass is 10.1. The van der Waals surface area contributed by atoms with Gasteiger partial charge in [0.25, 0.3) is 0 Å². The molecule has 0 aliphatic carbocycles. The number of hydrogen-bond acceptors (Lipinski definition) is 2. The molecule has 1 fully saturated rings. The first-order chi connectivity index (χ1) is 7.00. The van der Waals surface area contributed by atoms with Crippen LogP contribution < -0.4 is 0 Å². The Balaban J connectivity index is 2.30. The zero-order chi connectivity index (χ0) is 11.1. The number of hydrogen-bond donors (Lipinski definition) is 0. The number of nitrogens with zero attached hydrogens (tertiary/aromatic N) is 1. The van der Waals surface area contributed by atoms with Crippen molar-refractivity contribution in [2.24, 2.45) is 5.92 Å². The highest BCUT2D eigenvalue weighted by atomic mass is 32.2. The highest BCUT2D eigenvalue weighted by molar-refractivity contribution is 7.89. The van der Waals surface area contributed by atoms with Crippen molar-refractivity contribution >= 4 is 10.0 Å². The minimum atomic E-state index is -3.22. The summed E-state index contributed by atoms with van der Waals surface area (Å²) in [6.07, 6.45) is 0. The van der Waals surface area contributed by atoms with Gasteiger partial charge in [0.15, 0.2) is 0 Å². The lowest BCUT2D eigenvalue weighted by molar-refractivity contribution is 0.218. The van der Waals surface area contributed by atoms with Crippen LogP contribution in [0.25, 0.3) is 0 Å². The molecule has 0 saturated carbocycles. The van der Waals surface area contributed by atoms with E-state index in [4.69, 9.17) is 0 Å². The molecule has 1 aromatic carbocycles. The maximum Gasteiger partial charge on any atom is 0.243 e. The maximum absolute atomic E-state index is 12.0. The molecule has 0 radical (unpaired) electrons. The summed E-state index contributed by atoms with van der Waals surface area (Å²) in [7, 11) is -3.22. The smallest absolute Gasteiger partial charge is 0.207 e. The van der Waals surface area contributed by atoms with Gasteiger partial charge in [0.05, 0.1) is 4.90 Å². The van der Waals surface area contributed by atoms with E-state index in [2.05, 4.69) is 6.92 Å². The van der Waals surface area contributed by atoms with Crippen LogP contribution in [0.2, 0.25) is 0 Å². The second kappa shape index (κ2) is 3.61. The summed E-state index contributed by atoms with van der Waals surface area (Å²) in [4.78, 5) is 0.411. The molecule has 3 nitrogen and oxygen atoms in total. The molecule has 0 spiro atoms. The van der Waals surface area contributed by atoms with Crippen molar-refractivity contribution < 1.29 is 8.42 Å². The summed E-state index contributed by atoms with van der Waals surface area (Å²) in [6.45, 7) is 5.26. The van der Waals surface area contributed by atoms with Gasteiger partial charge < -0.3 is 0 Å². The van der Waals surface area contributed by atoms with Crippen LogP contribution in [0.5, 0.6) is 0 Å². The Hall–Kier alpha value is -0.870. The Kier molecular flexibility index (Phi) is 2.56. The molecule has 4 heteroatoms. The minimum absolute atomic E-state index is 0.411. The molecule has 82 valence electrons. The van der Waals surface area contributed by atoms with E-state index in [0.29, 0.717) is 23.9 Å². The average Bonchev–Trinajstić information content (AvgIpc) is 2.13. The second-order valence-electron chi connectivity index (χ2n) is 4.24. The monoisotopic (exact) mass is 225 g/mol. The molecule has 1 saturated heterocycles. The topological polar surface area (TPSA) is 37.4 Å². The molecular formula is C11H15NO2S. The normalized spacial score (nSPS) is 18.8. The van der Waals surface area contributed by atoms with E-state index in [1.54, 1.807) is 18.2 Å². The van der Waals surface area contributed by atoms with Gasteiger partial charge >= 0.3 is 0 Å². The predicted octanol–water partition coefficient (Wildman–Crippen LogP) is 1.64. The maximum atomic E-state index is 12.0. The molecule has 0 aromatic heterocycles. The van der Waals surface area contributed by atoms with E-state index in [9.17, 15) is 8.42 Å². The highest BCUT2D eigenvalue weighted by Gasteiger charge is 2.33. The predicted molar refractivity (Wildman–Crippen MR) is 59.1 cm³/mol. The van der Waals surface area contributed by atoms with Gasteiger partial charge in [-0.3, -0.25) is 0 Å². The Morgan fingerprint density at radius 3 is 2.53 bits per heavy atom. The molecule has 0 unspecified atom stereocenters. The van der Waals surface area contributed by atoms with Crippen LogP contribution in [-0.4, -0.2) is 25.8 Å². The van der Waals surface area contributed by atoms with Gasteiger partial charge in [0.2, 0.25) is 10.0 Å². The van der Waals surface area contributed by atoms with Gasteiger partial charge in [-0.15, -0.1) is 0 Å². The van der Waals surface area contributed by atoms with E-state index in [1.165, 1.54) is 4.31 Å². The van der Waals surface area contributed by atoms with Gasteiger partial charge in [0.1, 0.15) is 0 Å². The second-order valence-corrected chi connectivity index (χ2v) is 6.18. The third-order valence-corrected chi connectivity index (χ3v) is 4.49. The Bertz CT molecular complexity index is 461. The quantitative estimate of drug-likeness (QED) is 0.767. The van der Waals surface area contributed by atoms with Gasteiger partial charge in [0, 0.05) is 13.1 Å². The summed E-state index contributed by atoms with van der Waals surface area (Å²) in [6, 6.07) is 7.06. The number of rotatable bonds is 2. The number of sulfonamides is 1. The van der Waals surface area contributed by atoms with Crippen molar-refractivity contribution in [3.63, 3.8) is 0 Å². The van der Waals surface area contributed by atoms with Crippen molar-refractivity contribution in [3.8, 4) is 0 Å². The first kappa shape index (κ1) is 10.6. The summed E-state index contributed by atoms with van der Waals surface area (Å²) < 4.78 is 25.6. The van der Waals surface area contributed by atoms with Crippen LogP contribution >= 0.6 is 0 Å². The zero-order valence-corrected chi connectivity index (χ0v) is 9.79. The molecular weight excluding hydrogens is 210 g/mol. The molecule has 0 N–H and O–H groups in total. The Morgan fingerprint density at radius 2 is 2.00 bits per heavy atom. The van der Waals surface area contributed by atoms with Crippen LogP contribution in [0, 0.1) is 12.8 Å². The zero-order valence-electron chi connectivity index (χ0n) is 8.97. The van der Waals surface area contributed by atoms with Crippen molar-refractivity contribution in [1.82, 2.24) is 4.31 Å². The molecule has 0 atom stereocenters. The average molecular weight is 225 g/mol. The van der Waals surface area contributed by atoms with E-state index in [0.717, 1.165) is 5.56 Å². The molecule has 0 bridgehead atoms. The van der Waals surface area contributed by atoms with E-state index in [1.807, 2.05) is 13.0 Å². The molecule has 1 aliphatic heterocycles. The summed E-state index contributed by atoms with van der Waals surface area (Å²) in [5.41, 5.74) is 0.977. The number of benzene rings is 1. The fourth-order valence-electron chi connectivity index (χ4n) is 1.76. The summed E-state index contributed by atoms with van der Waals surface area (Å²) in [5.74, 6) is 0.490. The Morgan fingerprint density at radius 1 is 1.33 bits per heavy atom. The van der Waals surface area contributed by atoms with Crippen LogP contribution in [0.15, 0.2) is 29.2 Å². The van der Waals surface area contributed by atoms with Crippen LogP contribution in [0.4, 0.5) is 0 Å². The van der Waals surface area contributed by atoms with Crippen molar-refractivity contribution in [2.45, 2.75) is 18.7 Å². The largest absolute Gasteiger partial charge is 0.243 e. The van der Waals surface area contributed by atoms with Crippen molar-refractivity contribution in [2.75, 3.05) is 13.1 Å². The lowest BCUT2D eigenvalue weighted by Crippen LogP contribution is -2.48. The highest BCUT2D eigenvalue weighted by Crippen LogP contribution is 2.24. The minimum Gasteiger partial charge on any atom is -0.207 e. The third kappa shape index (κ3) is 1.92. The standard InChI is InChI=1S/C11H15NO2S/c1-9-4-3-5-11(6-9)15(13,14)12-7-10(2)8-12/h3-6,10H,7-8H2,1-2H3. The summed E-state index contributed by atoms with van der Waals surface area (Å²) in [5, 5.41) is 0. The first-order valence-electron chi connectivity index (χ1n) is 5.07. The van der Waals surface area contributed by atoms with Crippen LogP contribution in [-0.2, 0) is 10.0 Å². The molecule has 1 aromatic rings. The van der Waals surface area contributed by atoms with Gasteiger partial charge in [-0.05, 0) is 30.5 Å². The number of aryl methyl sites for hydroxylation is 1. The third-order valence-electron chi connectivity index (χ3n) is 2.66.